The zero-order valence-electron chi connectivity index (χ0n) is 25.9. The summed E-state index contributed by atoms with van der Waals surface area (Å²) >= 11 is 0. The van der Waals surface area contributed by atoms with Gasteiger partial charge in [-0.25, -0.2) is 9.59 Å². The molecule has 2 N–H and O–H groups in total. The predicted octanol–water partition coefficient (Wildman–Crippen LogP) is 4.65. The molecule has 2 rings (SSSR count). The van der Waals surface area contributed by atoms with E-state index in [1.165, 1.54) is 7.11 Å². The minimum Gasteiger partial charge on any atom is -0.467 e. The zero-order valence-corrected chi connectivity index (χ0v) is 25.9. The fraction of sp³-hybridized carbons (Fsp3) is 0.625. The van der Waals surface area contributed by atoms with Crippen molar-refractivity contribution in [3.05, 3.63) is 48.0 Å². The van der Waals surface area contributed by atoms with E-state index in [4.69, 9.17) is 9.47 Å². The van der Waals surface area contributed by atoms with E-state index in [1.54, 1.807) is 4.90 Å². The van der Waals surface area contributed by atoms with Crippen LogP contribution in [0.2, 0.25) is 0 Å². The van der Waals surface area contributed by atoms with Crippen molar-refractivity contribution < 1.29 is 28.7 Å². The minimum absolute atomic E-state index is 0.164. The molecule has 1 heterocycles. The average Bonchev–Trinajstić information content (AvgIpc) is 3.37. The Hall–Kier alpha value is -3.36. The van der Waals surface area contributed by atoms with Crippen LogP contribution in [-0.4, -0.2) is 66.2 Å². The number of methoxy groups -OCH3 is 1. The highest BCUT2D eigenvalue weighted by atomic mass is 16.6. The van der Waals surface area contributed by atoms with Crippen molar-refractivity contribution in [1.82, 2.24) is 15.5 Å². The van der Waals surface area contributed by atoms with Gasteiger partial charge in [-0.15, -0.1) is 0 Å². The van der Waals surface area contributed by atoms with E-state index in [0.717, 1.165) is 5.56 Å². The lowest BCUT2D eigenvalue weighted by Gasteiger charge is -2.29. The van der Waals surface area contributed by atoms with Crippen LogP contribution in [0.1, 0.15) is 73.3 Å². The van der Waals surface area contributed by atoms with Crippen molar-refractivity contribution in [2.24, 2.45) is 17.8 Å². The molecule has 0 aromatic heterocycles. The maximum atomic E-state index is 14.0. The van der Waals surface area contributed by atoms with Crippen molar-refractivity contribution in [3.63, 3.8) is 0 Å². The third-order valence-electron chi connectivity index (χ3n) is 6.88. The Morgan fingerprint density at radius 3 is 2.24 bits per heavy atom. The summed E-state index contributed by atoms with van der Waals surface area (Å²) in [7, 11) is 1.29. The normalized spacial score (nSPS) is 17.8. The third-order valence-corrected chi connectivity index (χ3v) is 6.88. The van der Waals surface area contributed by atoms with Crippen LogP contribution in [0.3, 0.4) is 0 Å². The van der Waals surface area contributed by atoms with E-state index in [9.17, 15) is 19.2 Å². The molecule has 4 atom stereocenters. The van der Waals surface area contributed by atoms with Crippen LogP contribution >= 0.6 is 0 Å². The van der Waals surface area contributed by atoms with Gasteiger partial charge in [0.25, 0.3) is 0 Å². The molecule has 0 radical (unpaired) electrons. The summed E-state index contributed by atoms with van der Waals surface area (Å²) in [5.74, 6) is -1.46. The number of carbonyl (C=O) groups excluding carboxylic acids is 4. The molecule has 3 amide bonds. The van der Waals surface area contributed by atoms with Crippen molar-refractivity contribution in [2.75, 3.05) is 13.7 Å². The quantitative estimate of drug-likeness (QED) is 0.279. The van der Waals surface area contributed by atoms with E-state index in [1.807, 2.05) is 77.1 Å². The first-order valence-corrected chi connectivity index (χ1v) is 14.6. The molecule has 0 aliphatic carbocycles. The molecule has 1 aliphatic rings. The minimum atomic E-state index is -0.791. The number of benzene rings is 1. The van der Waals surface area contributed by atoms with Gasteiger partial charge in [0, 0.05) is 6.54 Å². The van der Waals surface area contributed by atoms with Crippen LogP contribution in [0.4, 0.5) is 4.79 Å². The van der Waals surface area contributed by atoms with Gasteiger partial charge in [0.15, 0.2) is 0 Å². The second kappa shape index (κ2) is 15.6. The maximum Gasteiger partial charge on any atom is 0.408 e. The number of hydrogen-bond acceptors (Lipinski definition) is 6. The summed E-state index contributed by atoms with van der Waals surface area (Å²) in [4.78, 5) is 53.7. The van der Waals surface area contributed by atoms with Gasteiger partial charge < -0.3 is 25.0 Å². The number of nitrogens with one attached hydrogen (secondary N) is 2. The molecule has 0 saturated carbocycles. The van der Waals surface area contributed by atoms with Gasteiger partial charge in [-0.1, -0.05) is 70.2 Å². The van der Waals surface area contributed by atoms with Gasteiger partial charge in [-0.3, -0.25) is 9.59 Å². The third kappa shape index (κ3) is 11.2. The van der Waals surface area contributed by atoms with Crippen LogP contribution in [0.25, 0.3) is 0 Å². The molecule has 1 saturated heterocycles. The van der Waals surface area contributed by atoms with Crippen molar-refractivity contribution in [1.29, 1.82) is 0 Å². The smallest absolute Gasteiger partial charge is 0.408 e. The molecule has 1 aliphatic heterocycles. The van der Waals surface area contributed by atoms with Crippen LogP contribution in [0.15, 0.2) is 42.5 Å². The van der Waals surface area contributed by atoms with Gasteiger partial charge in [-0.2, -0.15) is 0 Å². The summed E-state index contributed by atoms with van der Waals surface area (Å²) in [6.45, 7) is 13.7. The van der Waals surface area contributed by atoms with E-state index >= 15 is 0 Å². The van der Waals surface area contributed by atoms with Crippen LogP contribution in [0, 0.1) is 17.8 Å². The number of carbonyl (C=O) groups is 4. The Morgan fingerprint density at radius 2 is 1.68 bits per heavy atom. The molecule has 0 spiro atoms. The topological polar surface area (TPSA) is 114 Å². The van der Waals surface area contributed by atoms with E-state index in [0.29, 0.717) is 38.1 Å². The molecule has 41 heavy (non-hydrogen) atoms. The number of alkyl carbamates (subject to hydrolysis) is 1. The molecule has 9 nitrogen and oxygen atoms in total. The molecule has 9 heteroatoms. The summed E-state index contributed by atoms with van der Waals surface area (Å²) in [6.07, 6.45) is 5.51. The van der Waals surface area contributed by atoms with E-state index in [2.05, 4.69) is 24.5 Å². The number of rotatable bonds is 12. The summed E-state index contributed by atoms with van der Waals surface area (Å²) in [6, 6.07) is 7.92. The van der Waals surface area contributed by atoms with Crippen molar-refractivity contribution >= 4 is 23.9 Å². The first kappa shape index (κ1) is 33.8. The molecule has 3 unspecified atom stereocenters. The summed E-state index contributed by atoms with van der Waals surface area (Å²) in [5.41, 5.74) is 0.359. The fourth-order valence-electron chi connectivity index (χ4n) is 4.92. The first-order valence-electron chi connectivity index (χ1n) is 14.6. The lowest BCUT2D eigenvalue weighted by Crippen LogP contribution is -2.53. The maximum absolute atomic E-state index is 14.0. The highest BCUT2D eigenvalue weighted by Crippen LogP contribution is 2.24. The van der Waals surface area contributed by atoms with Gasteiger partial charge in [-0.05, 0) is 63.9 Å². The largest absolute Gasteiger partial charge is 0.467 e. The number of amides is 3. The highest BCUT2D eigenvalue weighted by Gasteiger charge is 2.38. The average molecular weight is 572 g/mol. The standard InChI is InChI=1S/C32H49N3O6/c1-21(2)19-25(33-31(39)41-32(5,6)7)17-16-24(20-23-13-10-9-11-14-23)29(37)35-18-12-15-26(35)28(36)34-27(22(3)4)30(38)40-8/h9-11,13-14,16-17,21-22,24-27H,12,15,18-20H2,1-8H3,(H,33,39)(H,34,36)/b17-16+/t24?,25?,26-,27?/m0/s1. The van der Waals surface area contributed by atoms with Gasteiger partial charge in [0.2, 0.25) is 11.8 Å². The number of nitrogens with zero attached hydrogens (tertiary/aromatic N) is 1. The Bertz CT molecular complexity index is 1050. The molecule has 1 aromatic carbocycles. The lowest BCUT2D eigenvalue weighted by atomic mass is 9.94. The molecule has 1 fully saturated rings. The van der Waals surface area contributed by atoms with Crippen molar-refractivity contribution in [3.8, 4) is 0 Å². The van der Waals surface area contributed by atoms with Crippen LogP contribution in [0.5, 0.6) is 0 Å². The summed E-state index contributed by atoms with van der Waals surface area (Å²) < 4.78 is 10.3. The number of hydrogen-bond donors (Lipinski definition) is 2. The van der Waals surface area contributed by atoms with Gasteiger partial charge in [0.05, 0.1) is 19.1 Å². The van der Waals surface area contributed by atoms with Crippen molar-refractivity contribution in [2.45, 2.75) is 97.9 Å². The fourth-order valence-corrected chi connectivity index (χ4v) is 4.92. The number of esters is 1. The Labute approximate surface area is 245 Å². The molecule has 0 bridgehead atoms. The van der Waals surface area contributed by atoms with Gasteiger partial charge in [0.1, 0.15) is 17.7 Å². The van der Waals surface area contributed by atoms with Crippen LogP contribution < -0.4 is 10.6 Å². The number of ether oxygens (including phenoxy) is 2. The summed E-state index contributed by atoms with van der Waals surface area (Å²) in [5, 5.41) is 5.73. The monoisotopic (exact) mass is 571 g/mol. The second-order valence-corrected chi connectivity index (χ2v) is 12.5. The number of likely N-dealkylation sites (tertiary alicyclic amines) is 1. The van der Waals surface area contributed by atoms with E-state index in [-0.39, 0.29) is 23.8 Å². The first-order chi connectivity index (χ1) is 19.2. The highest BCUT2D eigenvalue weighted by molar-refractivity contribution is 5.92. The van der Waals surface area contributed by atoms with E-state index < -0.39 is 35.7 Å². The SMILES string of the molecule is COC(=O)C(NC(=O)[C@@H]1CCCN1C(=O)C(/C=C/C(CC(C)C)NC(=O)OC(C)(C)C)Cc1ccccc1)C(C)C. The second-order valence-electron chi connectivity index (χ2n) is 12.5. The van der Waals surface area contributed by atoms with Crippen LogP contribution in [-0.2, 0) is 30.3 Å². The molecular weight excluding hydrogens is 522 g/mol. The Balaban J connectivity index is 2.31. The molecular formula is C32H49N3O6. The Morgan fingerprint density at radius 1 is 1.02 bits per heavy atom. The molecule has 228 valence electrons. The van der Waals surface area contributed by atoms with Gasteiger partial charge >= 0.3 is 12.1 Å². The lowest BCUT2D eigenvalue weighted by molar-refractivity contribution is -0.147. The predicted molar refractivity (Wildman–Crippen MR) is 159 cm³/mol. The molecule has 1 aromatic rings. The zero-order chi connectivity index (χ0) is 30.7. The Kier molecular flexibility index (Phi) is 12.9.